The Bertz CT molecular complexity index is 1800. The third kappa shape index (κ3) is 9.81. The van der Waals surface area contributed by atoms with Crippen molar-refractivity contribution in [1.29, 1.82) is 5.26 Å². The molecule has 2 heterocycles. The van der Waals surface area contributed by atoms with Crippen LogP contribution in [0, 0.1) is 31.0 Å². The van der Waals surface area contributed by atoms with Crippen LogP contribution in [0.1, 0.15) is 46.3 Å². The van der Waals surface area contributed by atoms with Crippen molar-refractivity contribution in [1.82, 2.24) is 35.9 Å². The molecule has 2 aromatic heterocycles. The van der Waals surface area contributed by atoms with E-state index in [4.69, 9.17) is 9.26 Å². The number of carbonyl (C=O) groups excluding carboxylic acids is 3. The van der Waals surface area contributed by atoms with E-state index in [1.807, 2.05) is 6.07 Å². The smallest absolute Gasteiger partial charge is 0.274 e. The molecule has 0 aliphatic heterocycles. The van der Waals surface area contributed by atoms with Crippen LogP contribution in [0.3, 0.4) is 0 Å². The third-order valence-corrected chi connectivity index (χ3v) is 7.07. The molecule has 3 amide bonds. The van der Waals surface area contributed by atoms with Crippen molar-refractivity contribution in [3.05, 3.63) is 101 Å². The highest BCUT2D eigenvalue weighted by Crippen LogP contribution is 2.16. The van der Waals surface area contributed by atoms with Crippen molar-refractivity contribution in [3.8, 4) is 11.8 Å². The molecule has 15 heteroatoms. The second kappa shape index (κ2) is 16.6. The number of benzene rings is 2. The molecule has 4 rings (SSSR count). The third-order valence-electron chi connectivity index (χ3n) is 7.07. The highest BCUT2D eigenvalue weighted by molar-refractivity contribution is 5.97. The maximum absolute atomic E-state index is 14.4. The number of nitrogens with one attached hydrogen (secondary N) is 3. The van der Waals surface area contributed by atoms with Gasteiger partial charge in [-0.2, -0.15) is 10.4 Å². The van der Waals surface area contributed by atoms with Crippen molar-refractivity contribution in [2.75, 3.05) is 6.61 Å². The molecule has 0 aliphatic rings. The first-order chi connectivity index (χ1) is 23.0. The SMILES string of the molecule is Cc1ccc(CNC(=O)[C@H](COc2cccc(CC/C=C(\C#N)n3cncn3)c2)NC(=O)[C@@H](NC(=O)c2cc(C)on2)[C@@H](C)O)c(F)c1. The Morgan fingerprint density at radius 3 is 2.62 bits per heavy atom. The lowest BCUT2D eigenvalue weighted by Crippen LogP contribution is -2.58. The molecule has 0 saturated heterocycles. The number of aryl methyl sites for hydroxylation is 3. The normalized spacial score (nSPS) is 13.1. The highest BCUT2D eigenvalue weighted by atomic mass is 19.1. The van der Waals surface area contributed by atoms with Crippen LogP contribution in [-0.4, -0.2) is 67.5 Å². The Balaban J connectivity index is 1.45. The van der Waals surface area contributed by atoms with Gasteiger partial charge in [-0.15, -0.1) is 0 Å². The van der Waals surface area contributed by atoms with Crippen LogP contribution in [-0.2, 0) is 22.6 Å². The summed E-state index contributed by atoms with van der Waals surface area (Å²) in [5.74, 6) is -2.06. The number of nitrogens with zero attached hydrogens (tertiary/aromatic N) is 5. The van der Waals surface area contributed by atoms with Crippen LogP contribution in [0.15, 0.2) is 71.8 Å². The van der Waals surface area contributed by atoms with Gasteiger partial charge in [0.05, 0.1) is 6.10 Å². The molecule has 14 nitrogen and oxygen atoms in total. The number of halogens is 1. The van der Waals surface area contributed by atoms with Crippen LogP contribution in [0.4, 0.5) is 4.39 Å². The summed E-state index contributed by atoms with van der Waals surface area (Å²) in [6.07, 6.45) is 4.22. The zero-order valence-corrected chi connectivity index (χ0v) is 26.5. The van der Waals surface area contributed by atoms with E-state index in [0.717, 1.165) is 5.56 Å². The van der Waals surface area contributed by atoms with Crippen LogP contribution in [0.25, 0.3) is 5.70 Å². The fraction of sp³-hybridized carbons (Fsp3) is 0.303. The maximum atomic E-state index is 14.4. The summed E-state index contributed by atoms with van der Waals surface area (Å²) < 4.78 is 26.6. The zero-order chi connectivity index (χ0) is 34.6. The van der Waals surface area contributed by atoms with Gasteiger partial charge in [0.1, 0.15) is 60.4 Å². The average Bonchev–Trinajstić information content (AvgIpc) is 3.76. The van der Waals surface area contributed by atoms with E-state index in [0.29, 0.717) is 35.6 Å². The minimum atomic E-state index is -1.47. The molecular formula is C33H35FN8O6. The zero-order valence-electron chi connectivity index (χ0n) is 26.5. The molecule has 0 spiro atoms. The second-order valence-corrected chi connectivity index (χ2v) is 10.9. The van der Waals surface area contributed by atoms with Crippen LogP contribution >= 0.6 is 0 Å². The number of aliphatic hydroxyl groups excluding tert-OH is 1. The predicted octanol–water partition coefficient (Wildman–Crippen LogP) is 2.38. The summed E-state index contributed by atoms with van der Waals surface area (Å²) in [5, 5.41) is 34.9. The van der Waals surface area contributed by atoms with Crippen molar-refractivity contribution >= 4 is 23.4 Å². The Morgan fingerprint density at radius 1 is 1.15 bits per heavy atom. The largest absolute Gasteiger partial charge is 0.491 e. The molecule has 48 heavy (non-hydrogen) atoms. The van der Waals surface area contributed by atoms with E-state index < -0.39 is 41.7 Å². The first-order valence-electron chi connectivity index (χ1n) is 15.0. The van der Waals surface area contributed by atoms with Gasteiger partial charge in [-0.3, -0.25) is 14.4 Å². The summed E-state index contributed by atoms with van der Waals surface area (Å²) >= 11 is 0. The van der Waals surface area contributed by atoms with Gasteiger partial charge < -0.3 is 30.3 Å². The number of aliphatic hydroxyl groups is 1. The van der Waals surface area contributed by atoms with Gasteiger partial charge in [-0.25, -0.2) is 14.1 Å². The summed E-state index contributed by atoms with van der Waals surface area (Å²) in [6.45, 7) is 4.12. The van der Waals surface area contributed by atoms with E-state index in [9.17, 15) is 29.1 Å². The molecule has 0 bridgehead atoms. The van der Waals surface area contributed by atoms with Crippen molar-refractivity contribution < 1.29 is 33.1 Å². The highest BCUT2D eigenvalue weighted by Gasteiger charge is 2.31. The predicted molar refractivity (Wildman–Crippen MR) is 169 cm³/mol. The number of hydrogen-bond donors (Lipinski definition) is 4. The minimum absolute atomic E-state index is 0.0960. The number of hydrogen-bond acceptors (Lipinski definition) is 10. The number of nitriles is 1. The first kappa shape index (κ1) is 35.0. The fourth-order valence-electron chi connectivity index (χ4n) is 4.51. The summed E-state index contributed by atoms with van der Waals surface area (Å²) in [5.41, 5.74) is 2.06. The molecule has 0 aliphatic carbocycles. The average molecular weight is 659 g/mol. The summed E-state index contributed by atoms with van der Waals surface area (Å²) in [6, 6.07) is 12.3. The van der Waals surface area contributed by atoms with Gasteiger partial charge in [-0.05, 0) is 69.0 Å². The van der Waals surface area contributed by atoms with Crippen molar-refractivity contribution in [2.24, 2.45) is 0 Å². The van der Waals surface area contributed by atoms with Gasteiger partial charge in [0.2, 0.25) is 11.8 Å². The second-order valence-electron chi connectivity index (χ2n) is 10.9. The number of rotatable bonds is 15. The van der Waals surface area contributed by atoms with Crippen molar-refractivity contribution in [2.45, 2.75) is 58.3 Å². The summed E-state index contributed by atoms with van der Waals surface area (Å²) in [7, 11) is 0. The van der Waals surface area contributed by atoms with E-state index in [-0.39, 0.29) is 24.4 Å². The Hall–Kier alpha value is -5.88. The molecule has 3 atom stereocenters. The number of aromatic nitrogens is 4. The number of carbonyl (C=O) groups is 3. The molecule has 0 saturated carbocycles. The molecule has 4 N–H and O–H groups in total. The van der Waals surface area contributed by atoms with E-state index in [1.54, 1.807) is 50.3 Å². The Morgan fingerprint density at radius 2 is 1.96 bits per heavy atom. The topological polar surface area (TPSA) is 197 Å². The van der Waals surface area contributed by atoms with Crippen molar-refractivity contribution in [3.63, 3.8) is 0 Å². The molecule has 0 radical (unpaired) electrons. The van der Waals surface area contributed by atoms with Crippen LogP contribution in [0.2, 0.25) is 0 Å². The number of allylic oxidation sites excluding steroid dienone is 2. The molecule has 4 aromatic rings. The quantitative estimate of drug-likeness (QED) is 0.138. The van der Waals surface area contributed by atoms with Gasteiger partial charge in [-0.1, -0.05) is 29.4 Å². The van der Waals surface area contributed by atoms with Gasteiger partial charge >= 0.3 is 0 Å². The number of amides is 3. The van der Waals surface area contributed by atoms with E-state index >= 15 is 0 Å². The van der Waals surface area contributed by atoms with Gasteiger partial charge in [0.25, 0.3) is 5.91 Å². The minimum Gasteiger partial charge on any atom is -0.491 e. The standard InChI is InChI=1S/C33H35FN8O6/c1-20-10-11-24(27(34)12-20)16-37-31(44)29(39-33(46)30(22(3)43)40-32(45)28-13-21(2)48-41-28)17-47-26-9-5-7-23(14-26)6-4-8-25(15-35)42-19-36-18-38-42/h5,7-14,18-19,22,29-30,43H,4,6,16-17H2,1-3H3,(H,37,44)(H,39,46)(H,40,45)/b25-8+/t22-,29+,30+/m1/s1. The van der Waals surface area contributed by atoms with Crippen LogP contribution in [0.5, 0.6) is 5.75 Å². The van der Waals surface area contributed by atoms with Gasteiger partial charge in [0.15, 0.2) is 5.69 Å². The first-order valence-corrected chi connectivity index (χ1v) is 15.0. The van der Waals surface area contributed by atoms with Crippen LogP contribution < -0.4 is 20.7 Å². The maximum Gasteiger partial charge on any atom is 0.274 e. The molecular weight excluding hydrogens is 623 g/mol. The lowest BCUT2D eigenvalue weighted by molar-refractivity contribution is -0.132. The fourth-order valence-corrected chi connectivity index (χ4v) is 4.51. The molecule has 0 fully saturated rings. The summed E-state index contributed by atoms with van der Waals surface area (Å²) in [4.78, 5) is 43.2. The lowest BCUT2D eigenvalue weighted by atomic mass is 10.1. The molecule has 2 aromatic carbocycles. The Labute approximate surface area is 275 Å². The molecule has 250 valence electrons. The molecule has 0 unspecified atom stereocenters. The lowest BCUT2D eigenvalue weighted by Gasteiger charge is -2.24. The number of ether oxygens (including phenoxy) is 1. The van der Waals surface area contributed by atoms with Gasteiger partial charge in [0, 0.05) is 18.2 Å². The Kier molecular flexibility index (Phi) is 12.1. The van der Waals surface area contributed by atoms with E-state index in [2.05, 4.69) is 37.3 Å². The monoisotopic (exact) mass is 658 g/mol. The van der Waals surface area contributed by atoms with E-state index in [1.165, 1.54) is 36.4 Å².